The van der Waals surface area contributed by atoms with Gasteiger partial charge in [0.25, 0.3) is 0 Å². The molecule has 0 amide bonds. The van der Waals surface area contributed by atoms with Crippen molar-refractivity contribution in [1.29, 1.82) is 0 Å². The van der Waals surface area contributed by atoms with E-state index in [9.17, 15) is 4.79 Å². The van der Waals surface area contributed by atoms with Gasteiger partial charge < -0.3 is 0 Å². The van der Waals surface area contributed by atoms with Crippen molar-refractivity contribution in [3.05, 3.63) is 81.9 Å². The lowest BCUT2D eigenvalue weighted by Crippen LogP contribution is -2.12. The minimum atomic E-state index is 0.208. The van der Waals surface area contributed by atoms with Crippen LogP contribution >= 0.6 is 0 Å². The molecule has 1 saturated carbocycles. The van der Waals surface area contributed by atoms with Crippen LogP contribution < -0.4 is 0 Å². The summed E-state index contributed by atoms with van der Waals surface area (Å²) in [6.07, 6.45) is 6.90. The van der Waals surface area contributed by atoms with E-state index in [1.807, 2.05) is 12.1 Å². The molecule has 0 bridgehead atoms. The number of hydrogen-bond donors (Lipinski definition) is 0. The van der Waals surface area contributed by atoms with E-state index in [0.29, 0.717) is 0 Å². The second-order valence-corrected chi connectivity index (χ2v) is 6.35. The molecule has 1 heteroatoms. The summed E-state index contributed by atoms with van der Waals surface area (Å²) < 4.78 is 0. The van der Waals surface area contributed by atoms with Gasteiger partial charge in [0.15, 0.2) is 5.78 Å². The molecule has 0 N–H and O–H groups in total. The Morgan fingerprint density at radius 3 is 1.70 bits per heavy atom. The van der Waals surface area contributed by atoms with Crippen molar-refractivity contribution in [2.45, 2.75) is 33.1 Å². The van der Waals surface area contributed by atoms with Gasteiger partial charge in [0.05, 0.1) is 0 Å². The highest BCUT2D eigenvalue weighted by molar-refractivity contribution is 6.13. The van der Waals surface area contributed by atoms with Crippen LogP contribution in [0.2, 0.25) is 0 Å². The van der Waals surface area contributed by atoms with E-state index in [1.165, 1.54) is 11.1 Å². The Labute approximate surface area is 138 Å². The van der Waals surface area contributed by atoms with Crippen LogP contribution in [-0.4, -0.2) is 5.78 Å². The summed E-state index contributed by atoms with van der Waals surface area (Å²) in [6.45, 7) is 4.15. The van der Waals surface area contributed by atoms with Crippen molar-refractivity contribution in [2.75, 3.05) is 0 Å². The Morgan fingerprint density at radius 1 is 0.783 bits per heavy atom. The summed E-state index contributed by atoms with van der Waals surface area (Å²) in [7, 11) is 0. The first-order valence-electron chi connectivity index (χ1n) is 8.21. The Morgan fingerprint density at radius 2 is 1.26 bits per heavy atom. The van der Waals surface area contributed by atoms with Crippen LogP contribution in [0, 0.1) is 13.8 Å². The summed E-state index contributed by atoms with van der Waals surface area (Å²) in [5.41, 5.74) is 6.54. The normalized spacial score (nSPS) is 18.6. The number of hydrogen-bond acceptors (Lipinski definition) is 1. The highest BCUT2D eigenvalue weighted by Gasteiger charge is 2.20. The third-order valence-corrected chi connectivity index (χ3v) is 4.24. The van der Waals surface area contributed by atoms with Crippen LogP contribution in [0.5, 0.6) is 0 Å². The molecule has 2 aromatic carbocycles. The molecule has 0 aliphatic heterocycles. The molecular weight excluding hydrogens is 280 g/mol. The largest absolute Gasteiger partial charge is 0.289 e. The number of aryl methyl sites for hydroxylation is 2. The molecule has 0 spiro atoms. The van der Waals surface area contributed by atoms with Crippen LogP contribution in [0.3, 0.4) is 0 Å². The first-order valence-corrected chi connectivity index (χ1v) is 8.21. The molecule has 0 heterocycles. The molecular formula is C22H22O. The van der Waals surface area contributed by atoms with Gasteiger partial charge in [-0.25, -0.2) is 0 Å². The Kier molecular flexibility index (Phi) is 4.57. The van der Waals surface area contributed by atoms with E-state index in [4.69, 9.17) is 0 Å². The van der Waals surface area contributed by atoms with Crippen LogP contribution in [0.4, 0.5) is 0 Å². The predicted molar refractivity (Wildman–Crippen MR) is 97.2 cm³/mol. The first-order chi connectivity index (χ1) is 11.1. The third-order valence-electron chi connectivity index (χ3n) is 4.24. The van der Waals surface area contributed by atoms with Gasteiger partial charge in [0.1, 0.15) is 0 Å². The first kappa shape index (κ1) is 15.5. The highest BCUT2D eigenvalue weighted by atomic mass is 16.1. The summed E-state index contributed by atoms with van der Waals surface area (Å²) in [6, 6.07) is 16.6. The number of rotatable bonds is 2. The summed E-state index contributed by atoms with van der Waals surface area (Å²) in [5.74, 6) is 0.208. The van der Waals surface area contributed by atoms with E-state index in [2.05, 4.69) is 62.4 Å². The van der Waals surface area contributed by atoms with E-state index < -0.39 is 0 Å². The monoisotopic (exact) mass is 302 g/mol. The van der Waals surface area contributed by atoms with Gasteiger partial charge in [0.2, 0.25) is 0 Å². The third kappa shape index (κ3) is 3.87. The molecule has 116 valence electrons. The lowest BCUT2D eigenvalue weighted by atomic mass is 9.86. The standard InChI is InChI=1S/C22H22O/c1-16-6-3-8-18(12-16)14-20-10-5-11-21(22(20)23)15-19-9-4-7-17(2)13-19/h3-4,6-9,12-15H,5,10-11H2,1-2H3. The average molecular weight is 302 g/mol. The second kappa shape index (κ2) is 6.78. The molecule has 0 aromatic heterocycles. The van der Waals surface area contributed by atoms with E-state index in [1.54, 1.807) is 0 Å². The number of Topliss-reactive ketones (excluding diaryl/α,β-unsaturated/α-hetero) is 1. The van der Waals surface area contributed by atoms with Crippen molar-refractivity contribution in [3.8, 4) is 0 Å². The molecule has 3 rings (SSSR count). The van der Waals surface area contributed by atoms with E-state index >= 15 is 0 Å². The van der Waals surface area contributed by atoms with Crippen molar-refractivity contribution < 1.29 is 4.79 Å². The van der Waals surface area contributed by atoms with Gasteiger partial charge in [0, 0.05) is 11.1 Å². The van der Waals surface area contributed by atoms with Crippen LogP contribution in [-0.2, 0) is 4.79 Å². The van der Waals surface area contributed by atoms with E-state index in [-0.39, 0.29) is 5.78 Å². The summed E-state index contributed by atoms with van der Waals surface area (Å²) in [5, 5.41) is 0. The van der Waals surface area contributed by atoms with E-state index in [0.717, 1.165) is 41.5 Å². The van der Waals surface area contributed by atoms with Crippen molar-refractivity contribution in [2.24, 2.45) is 0 Å². The van der Waals surface area contributed by atoms with Crippen LogP contribution in [0.25, 0.3) is 12.2 Å². The lowest BCUT2D eigenvalue weighted by molar-refractivity contribution is -0.112. The van der Waals surface area contributed by atoms with Crippen LogP contribution in [0.1, 0.15) is 41.5 Å². The molecule has 1 nitrogen and oxygen atoms in total. The maximum atomic E-state index is 12.8. The van der Waals surface area contributed by atoms with Gasteiger partial charge in [-0.2, -0.15) is 0 Å². The quantitative estimate of drug-likeness (QED) is 0.667. The number of benzene rings is 2. The summed E-state index contributed by atoms with van der Waals surface area (Å²) >= 11 is 0. The molecule has 23 heavy (non-hydrogen) atoms. The highest BCUT2D eigenvalue weighted by Crippen LogP contribution is 2.28. The van der Waals surface area contributed by atoms with Crippen molar-refractivity contribution in [1.82, 2.24) is 0 Å². The lowest BCUT2D eigenvalue weighted by Gasteiger charge is -2.16. The average Bonchev–Trinajstić information content (AvgIpc) is 2.51. The van der Waals surface area contributed by atoms with Crippen LogP contribution in [0.15, 0.2) is 59.7 Å². The van der Waals surface area contributed by atoms with Crippen molar-refractivity contribution >= 4 is 17.9 Å². The number of carbonyl (C=O) groups is 1. The topological polar surface area (TPSA) is 17.1 Å². The van der Waals surface area contributed by atoms with Gasteiger partial charge in [-0.15, -0.1) is 0 Å². The summed E-state index contributed by atoms with van der Waals surface area (Å²) in [4.78, 5) is 12.8. The smallest absolute Gasteiger partial charge is 0.185 e. The Balaban J connectivity index is 1.89. The molecule has 0 saturated heterocycles. The fourth-order valence-electron chi connectivity index (χ4n) is 3.10. The van der Waals surface area contributed by atoms with Gasteiger partial charge in [-0.3, -0.25) is 4.79 Å². The predicted octanol–water partition coefficient (Wildman–Crippen LogP) is 5.52. The zero-order valence-electron chi connectivity index (χ0n) is 13.8. The number of carbonyl (C=O) groups excluding carboxylic acids is 1. The zero-order chi connectivity index (χ0) is 16.2. The fourth-order valence-corrected chi connectivity index (χ4v) is 3.10. The minimum absolute atomic E-state index is 0.208. The molecule has 0 unspecified atom stereocenters. The zero-order valence-corrected chi connectivity index (χ0v) is 13.8. The minimum Gasteiger partial charge on any atom is -0.289 e. The SMILES string of the molecule is Cc1cccc(C=C2CCCC(=Cc3cccc(C)c3)C2=O)c1. The number of ketones is 1. The van der Waals surface area contributed by atoms with Gasteiger partial charge in [-0.05, 0) is 56.4 Å². The molecule has 2 aromatic rings. The van der Waals surface area contributed by atoms with Gasteiger partial charge in [-0.1, -0.05) is 59.7 Å². The Bertz CT molecular complexity index is 728. The molecule has 0 atom stereocenters. The fraction of sp³-hybridized carbons (Fsp3) is 0.227. The maximum absolute atomic E-state index is 12.8. The molecule has 1 aliphatic rings. The second-order valence-electron chi connectivity index (χ2n) is 6.35. The van der Waals surface area contributed by atoms with Gasteiger partial charge >= 0.3 is 0 Å². The maximum Gasteiger partial charge on any atom is 0.185 e. The molecule has 1 aliphatic carbocycles. The molecule has 1 fully saturated rings. The number of allylic oxidation sites excluding steroid dienone is 2. The molecule has 0 radical (unpaired) electrons. The Hall–Kier alpha value is -2.41. The van der Waals surface area contributed by atoms with Crippen molar-refractivity contribution in [3.63, 3.8) is 0 Å².